The highest BCUT2D eigenvalue weighted by Gasteiger charge is 2.41. The Hall–Kier alpha value is -0.960. The Morgan fingerprint density at radius 1 is 1.38 bits per heavy atom. The summed E-state index contributed by atoms with van der Waals surface area (Å²) >= 11 is 0. The molecule has 0 aliphatic carbocycles. The highest BCUT2D eigenvalue weighted by molar-refractivity contribution is 5.28. The normalized spacial score (nSPS) is 20.3. The van der Waals surface area contributed by atoms with Crippen LogP contribution in [0, 0.1) is 5.92 Å². The van der Waals surface area contributed by atoms with Crippen LogP contribution in [-0.2, 0) is 0 Å². The molecule has 1 aliphatic rings. The van der Waals surface area contributed by atoms with Crippen molar-refractivity contribution in [1.82, 2.24) is 5.32 Å². The number of hydrogen-bond donors (Lipinski definition) is 1. The highest BCUT2D eigenvalue weighted by atomic mass is 19.3. The van der Waals surface area contributed by atoms with Gasteiger partial charge in [0.05, 0.1) is 0 Å². The lowest BCUT2D eigenvalue weighted by Crippen LogP contribution is -2.38. The van der Waals surface area contributed by atoms with Crippen molar-refractivity contribution in [2.45, 2.75) is 25.7 Å². The molecule has 1 rings (SSSR count). The summed E-state index contributed by atoms with van der Waals surface area (Å²) in [4.78, 5) is 0. The Morgan fingerprint density at radius 2 is 2.00 bits per heavy atom. The van der Waals surface area contributed by atoms with Gasteiger partial charge in [0.1, 0.15) is 0 Å². The van der Waals surface area contributed by atoms with Crippen LogP contribution in [0.3, 0.4) is 0 Å². The van der Waals surface area contributed by atoms with Gasteiger partial charge in [0.2, 0.25) is 0 Å². The molecule has 1 N–H and O–H groups in total. The first-order valence-electron chi connectivity index (χ1n) is 5.67. The molecule has 0 bridgehead atoms. The molecule has 0 aromatic rings. The van der Waals surface area contributed by atoms with Crippen molar-refractivity contribution in [1.29, 1.82) is 0 Å². The lowest BCUT2D eigenvalue weighted by atomic mass is 9.86. The van der Waals surface area contributed by atoms with Gasteiger partial charge in [-0.1, -0.05) is 30.9 Å². The minimum absolute atomic E-state index is 0.0966. The van der Waals surface area contributed by atoms with Crippen molar-refractivity contribution in [2.24, 2.45) is 5.92 Å². The van der Waals surface area contributed by atoms with E-state index in [1.54, 1.807) is 13.0 Å². The quantitative estimate of drug-likeness (QED) is 0.726. The monoisotopic (exact) mass is 227 g/mol. The van der Waals surface area contributed by atoms with Gasteiger partial charge in [-0.05, 0) is 32.9 Å². The molecular formula is C13H19F2N. The molecule has 1 heterocycles. The summed E-state index contributed by atoms with van der Waals surface area (Å²) in [6.45, 7) is 6.51. The van der Waals surface area contributed by atoms with E-state index in [0.29, 0.717) is 25.9 Å². The van der Waals surface area contributed by atoms with Crippen LogP contribution in [-0.4, -0.2) is 19.0 Å². The Balaban J connectivity index is 2.79. The second-order valence-electron chi connectivity index (χ2n) is 3.99. The maximum Gasteiger partial charge on any atom is 0.275 e. The summed E-state index contributed by atoms with van der Waals surface area (Å²) < 4.78 is 28.2. The maximum absolute atomic E-state index is 14.1. The number of nitrogens with one attached hydrogen (secondary N) is 1. The molecule has 16 heavy (non-hydrogen) atoms. The van der Waals surface area contributed by atoms with E-state index in [1.807, 2.05) is 0 Å². The van der Waals surface area contributed by atoms with E-state index in [-0.39, 0.29) is 5.57 Å². The number of piperidine rings is 1. The van der Waals surface area contributed by atoms with Crippen LogP contribution in [0.2, 0.25) is 0 Å². The van der Waals surface area contributed by atoms with Gasteiger partial charge < -0.3 is 5.32 Å². The number of hydrogen-bond acceptors (Lipinski definition) is 1. The topological polar surface area (TPSA) is 12.0 Å². The van der Waals surface area contributed by atoms with Gasteiger partial charge in [-0.15, -0.1) is 0 Å². The number of halogens is 2. The molecule has 1 saturated heterocycles. The molecule has 0 amide bonds. The molecular weight excluding hydrogens is 208 g/mol. The average molecular weight is 227 g/mol. The summed E-state index contributed by atoms with van der Waals surface area (Å²) in [5, 5.41) is 3.10. The third-order valence-corrected chi connectivity index (χ3v) is 2.96. The van der Waals surface area contributed by atoms with Crippen molar-refractivity contribution >= 4 is 0 Å². The zero-order valence-corrected chi connectivity index (χ0v) is 9.68. The first kappa shape index (κ1) is 13.1. The molecule has 1 fully saturated rings. The third kappa shape index (κ3) is 3.01. The van der Waals surface area contributed by atoms with Crippen LogP contribution >= 0.6 is 0 Å². The smallest absolute Gasteiger partial charge is 0.275 e. The van der Waals surface area contributed by atoms with Gasteiger partial charge in [-0.2, -0.15) is 0 Å². The van der Waals surface area contributed by atoms with E-state index in [1.165, 1.54) is 18.2 Å². The summed E-state index contributed by atoms with van der Waals surface area (Å²) in [7, 11) is 0. The van der Waals surface area contributed by atoms with E-state index in [2.05, 4.69) is 11.9 Å². The summed E-state index contributed by atoms with van der Waals surface area (Å²) in [6.07, 6.45) is 7.09. The SMILES string of the molecule is C=C/C=C\C(=C/C)C(F)(F)C1CCNCC1. The predicted molar refractivity (Wildman–Crippen MR) is 63.6 cm³/mol. The van der Waals surface area contributed by atoms with E-state index in [0.717, 1.165) is 0 Å². The van der Waals surface area contributed by atoms with Gasteiger partial charge >= 0.3 is 0 Å². The second kappa shape index (κ2) is 5.94. The minimum Gasteiger partial charge on any atom is -0.317 e. The van der Waals surface area contributed by atoms with Crippen molar-refractivity contribution in [3.8, 4) is 0 Å². The number of rotatable bonds is 4. The second-order valence-corrected chi connectivity index (χ2v) is 3.99. The maximum atomic E-state index is 14.1. The van der Waals surface area contributed by atoms with Gasteiger partial charge in [0.25, 0.3) is 5.92 Å². The fourth-order valence-corrected chi connectivity index (χ4v) is 1.99. The van der Waals surface area contributed by atoms with Crippen LogP contribution in [0.1, 0.15) is 19.8 Å². The average Bonchev–Trinajstić information content (AvgIpc) is 2.31. The van der Waals surface area contributed by atoms with Gasteiger partial charge in [0, 0.05) is 11.5 Å². The van der Waals surface area contributed by atoms with Crippen molar-refractivity contribution < 1.29 is 8.78 Å². The molecule has 3 heteroatoms. The van der Waals surface area contributed by atoms with Crippen LogP contribution in [0.15, 0.2) is 36.5 Å². The molecule has 1 nitrogen and oxygen atoms in total. The fraction of sp³-hybridized carbons (Fsp3) is 0.538. The largest absolute Gasteiger partial charge is 0.317 e. The molecule has 0 saturated carbocycles. The standard InChI is InChI=1S/C13H19F2N/c1-3-5-6-11(4-2)13(14,15)12-7-9-16-10-8-12/h3-6,12,16H,1,7-10H2,2H3/b6-5-,11-4+. The Labute approximate surface area is 95.9 Å². The zero-order chi connectivity index (χ0) is 12.0. The molecule has 0 spiro atoms. The van der Waals surface area contributed by atoms with Gasteiger partial charge in [-0.25, -0.2) is 8.78 Å². The van der Waals surface area contributed by atoms with Crippen LogP contribution in [0.5, 0.6) is 0 Å². The molecule has 90 valence electrons. The van der Waals surface area contributed by atoms with E-state index < -0.39 is 11.8 Å². The van der Waals surface area contributed by atoms with Crippen LogP contribution in [0.4, 0.5) is 8.78 Å². The zero-order valence-electron chi connectivity index (χ0n) is 9.68. The number of alkyl halides is 2. The lowest BCUT2D eigenvalue weighted by Gasteiger charge is -2.31. The summed E-state index contributed by atoms with van der Waals surface area (Å²) in [6, 6.07) is 0. The Kier molecular flexibility index (Phi) is 4.87. The molecule has 0 unspecified atom stereocenters. The highest BCUT2D eigenvalue weighted by Crippen LogP contribution is 2.38. The predicted octanol–water partition coefficient (Wildman–Crippen LogP) is 3.31. The summed E-state index contributed by atoms with van der Waals surface area (Å²) in [5.74, 6) is -3.27. The minimum atomic E-state index is -2.73. The first-order chi connectivity index (χ1) is 7.62. The van der Waals surface area contributed by atoms with Gasteiger partial charge in [-0.3, -0.25) is 0 Å². The van der Waals surface area contributed by atoms with Crippen molar-refractivity contribution in [2.75, 3.05) is 13.1 Å². The first-order valence-corrected chi connectivity index (χ1v) is 5.67. The van der Waals surface area contributed by atoms with E-state index in [9.17, 15) is 8.78 Å². The third-order valence-electron chi connectivity index (χ3n) is 2.96. The Morgan fingerprint density at radius 3 is 2.50 bits per heavy atom. The molecule has 0 aromatic carbocycles. The molecule has 0 radical (unpaired) electrons. The summed E-state index contributed by atoms with van der Waals surface area (Å²) in [5.41, 5.74) is 0.0966. The lowest BCUT2D eigenvalue weighted by molar-refractivity contribution is -0.0297. The fourth-order valence-electron chi connectivity index (χ4n) is 1.99. The van der Waals surface area contributed by atoms with Crippen LogP contribution in [0.25, 0.3) is 0 Å². The van der Waals surface area contributed by atoms with Crippen molar-refractivity contribution in [3.05, 3.63) is 36.5 Å². The Bertz CT molecular complexity index is 286. The molecule has 0 aromatic heterocycles. The van der Waals surface area contributed by atoms with Gasteiger partial charge in [0.15, 0.2) is 0 Å². The molecule has 0 atom stereocenters. The van der Waals surface area contributed by atoms with E-state index in [4.69, 9.17) is 0 Å². The van der Waals surface area contributed by atoms with Crippen LogP contribution < -0.4 is 5.32 Å². The van der Waals surface area contributed by atoms with Crippen molar-refractivity contribution in [3.63, 3.8) is 0 Å². The number of allylic oxidation sites excluding steroid dienone is 5. The van der Waals surface area contributed by atoms with E-state index >= 15 is 0 Å². The molecule has 1 aliphatic heterocycles.